The molecular formula is C14H19NO3. The van der Waals surface area contributed by atoms with Crippen LogP contribution in [0.3, 0.4) is 0 Å². The molecule has 98 valence electrons. The van der Waals surface area contributed by atoms with Gasteiger partial charge in [0.1, 0.15) is 5.75 Å². The van der Waals surface area contributed by atoms with Gasteiger partial charge in [-0.3, -0.25) is 4.79 Å². The van der Waals surface area contributed by atoms with Gasteiger partial charge in [0, 0.05) is 19.0 Å². The van der Waals surface area contributed by atoms with Crippen LogP contribution in [0, 0.1) is 5.92 Å². The highest BCUT2D eigenvalue weighted by molar-refractivity contribution is 5.72. The zero-order chi connectivity index (χ0) is 13.1. The van der Waals surface area contributed by atoms with E-state index in [-0.39, 0.29) is 11.8 Å². The summed E-state index contributed by atoms with van der Waals surface area (Å²) in [7, 11) is 1.63. The van der Waals surface area contributed by atoms with Crippen molar-refractivity contribution in [3.8, 4) is 5.75 Å². The van der Waals surface area contributed by atoms with Gasteiger partial charge in [0.05, 0.1) is 13.0 Å². The van der Waals surface area contributed by atoms with Crippen LogP contribution in [0.2, 0.25) is 0 Å². The first-order valence-corrected chi connectivity index (χ1v) is 6.24. The van der Waals surface area contributed by atoms with Crippen molar-refractivity contribution in [2.75, 3.05) is 26.7 Å². The Balaban J connectivity index is 2.21. The number of hydrogen-bond acceptors (Lipinski definition) is 3. The number of ether oxygens (including phenoxy) is 1. The molecule has 1 heterocycles. The van der Waals surface area contributed by atoms with Crippen LogP contribution in [0.4, 0.5) is 0 Å². The normalized spacial score (nSPS) is 24.1. The SMILES string of the molecule is CCN1CC(C(=O)O)C(c2ccc(OC)cc2)C1. The molecule has 0 aliphatic carbocycles. The largest absolute Gasteiger partial charge is 0.497 e. The lowest BCUT2D eigenvalue weighted by Crippen LogP contribution is -2.23. The zero-order valence-corrected chi connectivity index (χ0v) is 10.8. The van der Waals surface area contributed by atoms with Crippen LogP contribution in [-0.4, -0.2) is 42.7 Å². The third-order valence-corrected chi connectivity index (χ3v) is 3.70. The van der Waals surface area contributed by atoms with E-state index in [0.717, 1.165) is 24.4 Å². The zero-order valence-electron chi connectivity index (χ0n) is 10.8. The van der Waals surface area contributed by atoms with E-state index in [2.05, 4.69) is 11.8 Å². The van der Waals surface area contributed by atoms with Crippen molar-refractivity contribution in [3.63, 3.8) is 0 Å². The maximum atomic E-state index is 11.3. The summed E-state index contributed by atoms with van der Waals surface area (Å²) in [5, 5.41) is 9.31. The molecule has 0 radical (unpaired) electrons. The summed E-state index contributed by atoms with van der Waals surface area (Å²) in [5.74, 6) is -0.130. The fourth-order valence-electron chi connectivity index (χ4n) is 2.58. The Bertz CT molecular complexity index is 416. The number of likely N-dealkylation sites (N-methyl/N-ethyl adjacent to an activating group) is 1. The molecule has 2 unspecified atom stereocenters. The lowest BCUT2D eigenvalue weighted by molar-refractivity contribution is -0.141. The highest BCUT2D eigenvalue weighted by Crippen LogP contribution is 2.33. The van der Waals surface area contributed by atoms with E-state index in [4.69, 9.17) is 4.74 Å². The molecule has 0 amide bonds. The molecule has 1 N–H and O–H groups in total. The van der Waals surface area contributed by atoms with Crippen molar-refractivity contribution in [3.05, 3.63) is 29.8 Å². The lowest BCUT2D eigenvalue weighted by atomic mass is 9.89. The number of rotatable bonds is 4. The quantitative estimate of drug-likeness (QED) is 0.884. The Morgan fingerprint density at radius 2 is 2.06 bits per heavy atom. The summed E-state index contributed by atoms with van der Waals surface area (Å²) in [6.45, 7) is 4.42. The van der Waals surface area contributed by atoms with Crippen molar-refractivity contribution in [1.29, 1.82) is 0 Å². The molecule has 1 aromatic rings. The topological polar surface area (TPSA) is 49.8 Å². The molecular weight excluding hydrogens is 230 g/mol. The molecule has 1 aliphatic heterocycles. The highest BCUT2D eigenvalue weighted by atomic mass is 16.5. The fraction of sp³-hybridized carbons (Fsp3) is 0.500. The second-order valence-corrected chi connectivity index (χ2v) is 4.68. The van der Waals surface area contributed by atoms with Gasteiger partial charge in [-0.15, -0.1) is 0 Å². The molecule has 2 atom stereocenters. The molecule has 1 aliphatic rings. The summed E-state index contributed by atoms with van der Waals surface area (Å²) in [4.78, 5) is 13.5. The Hall–Kier alpha value is -1.55. The molecule has 1 aromatic carbocycles. The summed E-state index contributed by atoms with van der Waals surface area (Å²) < 4.78 is 5.12. The summed E-state index contributed by atoms with van der Waals surface area (Å²) in [6.07, 6.45) is 0. The molecule has 0 spiro atoms. The van der Waals surface area contributed by atoms with E-state index < -0.39 is 5.97 Å². The summed E-state index contributed by atoms with van der Waals surface area (Å²) in [6, 6.07) is 7.73. The second kappa shape index (κ2) is 5.40. The predicted molar refractivity (Wildman–Crippen MR) is 69.0 cm³/mol. The van der Waals surface area contributed by atoms with E-state index in [1.54, 1.807) is 7.11 Å². The summed E-state index contributed by atoms with van der Waals surface area (Å²) >= 11 is 0. The van der Waals surface area contributed by atoms with Crippen molar-refractivity contribution >= 4 is 5.97 Å². The Morgan fingerprint density at radius 3 is 2.56 bits per heavy atom. The van der Waals surface area contributed by atoms with Gasteiger partial charge in [-0.2, -0.15) is 0 Å². The molecule has 4 nitrogen and oxygen atoms in total. The van der Waals surface area contributed by atoms with Crippen LogP contribution in [0.5, 0.6) is 5.75 Å². The van der Waals surface area contributed by atoms with E-state index in [0.29, 0.717) is 6.54 Å². The van der Waals surface area contributed by atoms with Gasteiger partial charge in [0.15, 0.2) is 0 Å². The second-order valence-electron chi connectivity index (χ2n) is 4.68. The standard InChI is InChI=1S/C14H19NO3/c1-3-15-8-12(13(9-15)14(16)17)10-4-6-11(18-2)7-5-10/h4-7,12-13H,3,8-9H2,1-2H3,(H,16,17). The maximum Gasteiger partial charge on any atom is 0.308 e. The van der Waals surface area contributed by atoms with Crippen LogP contribution < -0.4 is 4.74 Å². The molecule has 0 bridgehead atoms. The van der Waals surface area contributed by atoms with Crippen LogP contribution in [0.15, 0.2) is 24.3 Å². The highest BCUT2D eigenvalue weighted by Gasteiger charge is 2.37. The molecule has 18 heavy (non-hydrogen) atoms. The first kappa shape index (κ1) is 12.9. The van der Waals surface area contributed by atoms with Gasteiger partial charge in [0.25, 0.3) is 0 Å². The van der Waals surface area contributed by atoms with E-state index >= 15 is 0 Å². The van der Waals surface area contributed by atoms with Gasteiger partial charge < -0.3 is 14.7 Å². The number of aliphatic carboxylic acids is 1. The first-order valence-electron chi connectivity index (χ1n) is 6.24. The van der Waals surface area contributed by atoms with Crippen LogP contribution in [0.25, 0.3) is 0 Å². The van der Waals surface area contributed by atoms with E-state index in [1.807, 2.05) is 24.3 Å². The third kappa shape index (κ3) is 2.48. The molecule has 0 aromatic heterocycles. The predicted octanol–water partition coefficient (Wildman–Crippen LogP) is 1.82. The minimum Gasteiger partial charge on any atom is -0.497 e. The summed E-state index contributed by atoms with van der Waals surface area (Å²) in [5.41, 5.74) is 1.08. The van der Waals surface area contributed by atoms with Gasteiger partial charge in [0.2, 0.25) is 0 Å². The van der Waals surface area contributed by atoms with E-state index in [9.17, 15) is 9.90 Å². The number of methoxy groups -OCH3 is 1. The van der Waals surface area contributed by atoms with Crippen LogP contribution in [-0.2, 0) is 4.79 Å². The minimum atomic E-state index is -0.702. The average molecular weight is 249 g/mol. The Labute approximate surface area is 107 Å². The average Bonchev–Trinajstić information content (AvgIpc) is 2.83. The van der Waals surface area contributed by atoms with Gasteiger partial charge in [-0.25, -0.2) is 0 Å². The van der Waals surface area contributed by atoms with Crippen LogP contribution in [0.1, 0.15) is 18.4 Å². The van der Waals surface area contributed by atoms with Gasteiger partial charge in [-0.1, -0.05) is 19.1 Å². The Morgan fingerprint density at radius 1 is 1.39 bits per heavy atom. The molecule has 2 rings (SSSR count). The number of nitrogens with zero attached hydrogens (tertiary/aromatic N) is 1. The number of carbonyl (C=O) groups is 1. The van der Waals surface area contributed by atoms with Gasteiger partial charge >= 0.3 is 5.97 Å². The van der Waals surface area contributed by atoms with Crippen molar-refractivity contribution in [1.82, 2.24) is 4.90 Å². The van der Waals surface area contributed by atoms with Crippen molar-refractivity contribution in [2.45, 2.75) is 12.8 Å². The first-order chi connectivity index (χ1) is 8.65. The molecule has 4 heteroatoms. The monoisotopic (exact) mass is 249 g/mol. The fourth-order valence-corrected chi connectivity index (χ4v) is 2.58. The molecule has 1 fully saturated rings. The maximum absolute atomic E-state index is 11.3. The number of benzene rings is 1. The minimum absolute atomic E-state index is 0.0772. The van der Waals surface area contributed by atoms with Crippen molar-refractivity contribution < 1.29 is 14.6 Å². The molecule has 1 saturated heterocycles. The Kier molecular flexibility index (Phi) is 3.87. The lowest BCUT2D eigenvalue weighted by Gasteiger charge is -2.15. The van der Waals surface area contributed by atoms with E-state index in [1.165, 1.54) is 0 Å². The third-order valence-electron chi connectivity index (χ3n) is 3.70. The number of carboxylic acids is 1. The molecule has 0 saturated carbocycles. The smallest absolute Gasteiger partial charge is 0.308 e. The number of hydrogen-bond donors (Lipinski definition) is 1. The van der Waals surface area contributed by atoms with Gasteiger partial charge in [-0.05, 0) is 24.2 Å². The number of likely N-dealkylation sites (tertiary alicyclic amines) is 1. The van der Waals surface area contributed by atoms with Crippen LogP contribution >= 0.6 is 0 Å². The number of carboxylic acid groups (broad SMARTS) is 1. The van der Waals surface area contributed by atoms with Crippen molar-refractivity contribution in [2.24, 2.45) is 5.92 Å².